The van der Waals surface area contributed by atoms with Crippen LogP contribution in [-0.2, 0) is 6.54 Å². The minimum Gasteiger partial charge on any atom is -0.271 e. The van der Waals surface area contributed by atoms with Crippen molar-refractivity contribution >= 4 is 0 Å². The zero-order chi connectivity index (χ0) is 8.39. The van der Waals surface area contributed by atoms with Crippen LogP contribution in [-0.4, -0.2) is 9.78 Å². The highest BCUT2D eigenvalue weighted by atomic mass is 15.3. The van der Waals surface area contributed by atoms with Crippen LogP contribution in [0.5, 0.6) is 0 Å². The second-order valence-electron chi connectivity index (χ2n) is 3.33. The van der Waals surface area contributed by atoms with E-state index in [9.17, 15) is 0 Å². The van der Waals surface area contributed by atoms with Gasteiger partial charge in [0, 0.05) is 12.7 Å². The van der Waals surface area contributed by atoms with Crippen molar-refractivity contribution < 1.29 is 0 Å². The molecule has 0 aliphatic heterocycles. The molecule has 0 bridgehead atoms. The van der Waals surface area contributed by atoms with E-state index in [1.165, 1.54) is 19.3 Å². The molecule has 1 aliphatic carbocycles. The van der Waals surface area contributed by atoms with Crippen LogP contribution in [0.2, 0.25) is 0 Å². The summed E-state index contributed by atoms with van der Waals surface area (Å²) < 4.78 is 1.88. The minimum absolute atomic E-state index is 0.523. The van der Waals surface area contributed by atoms with Gasteiger partial charge >= 0.3 is 0 Å². The maximum Gasteiger partial charge on any atom is 0.162 e. The molecule has 0 aromatic carbocycles. The molecule has 0 spiro atoms. The molecule has 1 heterocycles. The Balaban J connectivity index is 1.99. The molecule has 1 aromatic heterocycles. The third-order valence-electron chi connectivity index (χ3n) is 2.43. The molecule has 0 atom stereocenters. The highest BCUT2D eigenvalue weighted by molar-refractivity contribution is 5.16. The average molecular weight is 161 g/mol. The number of nitriles is 1. The van der Waals surface area contributed by atoms with Gasteiger partial charge in [0.2, 0.25) is 0 Å². The molecule has 62 valence electrons. The van der Waals surface area contributed by atoms with Gasteiger partial charge in [-0.25, -0.2) is 0 Å². The van der Waals surface area contributed by atoms with Crippen molar-refractivity contribution in [2.75, 3.05) is 0 Å². The second-order valence-corrected chi connectivity index (χ2v) is 3.33. The van der Waals surface area contributed by atoms with Crippen molar-refractivity contribution in [3.05, 3.63) is 18.0 Å². The molecular formula is C9H11N3. The minimum atomic E-state index is 0.523. The van der Waals surface area contributed by atoms with E-state index in [2.05, 4.69) is 5.10 Å². The van der Waals surface area contributed by atoms with Gasteiger partial charge in [0.1, 0.15) is 6.07 Å². The third-order valence-corrected chi connectivity index (χ3v) is 2.43. The van der Waals surface area contributed by atoms with E-state index in [0.717, 1.165) is 12.5 Å². The van der Waals surface area contributed by atoms with Crippen LogP contribution in [0.1, 0.15) is 25.0 Å². The molecular weight excluding hydrogens is 150 g/mol. The summed E-state index contributed by atoms with van der Waals surface area (Å²) in [4.78, 5) is 0. The van der Waals surface area contributed by atoms with Crippen LogP contribution in [0.25, 0.3) is 0 Å². The first-order valence-electron chi connectivity index (χ1n) is 4.32. The van der Waals surface area contributed by atoms with Gasteiger partial charge in [-0.2, -0.15) is 10.4 Å². The molecule has 3 nitrogen and oxygen atoms in total. The molecule has 1 aliphatic rings. The summed E-state index contributed by atoms with van der Waals surface area (Å²) in [5, 5.41) is 12.6. The Morgan fingerprint density at radius 1 is 1.67 bits per heavy atom. The van der Waals surface area contributed by atoms with Crippen molar-refractivity contribution in [3.8, 4) is 6.07 Å². The number of hydrogen-bond donors (Lipinski definition) is 0. The van der Waals surface area contributed by atoms with Crippen LogP contribution < -0.4 is 0 Å². The summed E-state index contributed by atoms with van der Waals surface area (Å²) >= 11 is 0. The first kappa shape index (κ1) is 7.35. The molecule has 1 fully saturated rings. The van der Waals surface area contributed by atoms with Crippen LogP contribution in [0.15, 0.2) is 12.3 Å². The molecule has 1 aromatic rings. The fourth-order valence-electron chi connectivity index (χ4n) is 1.46. The second kappa shape index (κ2) is 2.98. The first-order valence-corrected chi connectivity index (χ1v) is 4.32. The number of aromatic nitrogens is 2. The zero-order valence-electron chi connectivity index (χ0n) is 6.90. The van der Waals surface area contributed by atoms with Gasteiger partial charge < -0.3 is 0 Å². The van der Waals surface area contributed by atoms with Crippen LogP contribution in [0.4, 0.5) is 0 Å². The molecule has 3 heteroatoms. The predicted molar refractivity (Wildman–Crippen MR) is 44.3 cm³/mol. The van der Waals surface area contributed by atoms with Crippen LogP contribution in [0.3, 0.4) is 0 Å². The Morgan fingerprint density at radius 2 is 2.50 bits per heavy atom. The number of hydrogen-bond acceptors (Lipinski definition) is 2. The normalized spacial score (nSPS) is 16.9. The van der Waals surface area contributed by atoms with E-state index in [-0.39, 0.29) is 0 Å². The SMILES string of the molecule is N#Cc1ccn(CC2CCC2)n1. The third kappa shape index (κ3) is 1.33. The summed E-state index contributed by atoms with van der Waals surface area (Å²) in [5.74, 6) is 0.802. The van der Waals surface area contributed by atoms with E-state index >= 15 is 0 Å². The predicted octanol–water partition coefficient (Wildman–Crippen LogP) is 1.55. The Bertz CT molecular complexity index is 304. The van der Waals surface area contributed by atoms with Crippen molar-refractivity contribution in [1.82, 2.24) is 9.78 Å². The Kier molecular flexibility index (Phi) is 1.83. The molecule has 2 rings (SSSR count). The van der Waals surface area contributed by atoms with E-state index in [0.29, 0.717) is 5.69 Å². The summed E-state index contributed by atoms with van der Waals surface area (Å²) in [6.07, 6.45) is 5.89. The monoisotopic (exact) mass is 161 g/mol. The lowest BCUT2D eigenvalue weighted by Gasteiger charge is -2.24. The van der Waals surface area contributed by atoms with Gasteiger partial charge in [-0.05, 0) is 24.8 Å². The smallest absolute Gasteiger partial charge is 0.162 e. The Hall–Kier alpha value is -1.30. The van der Waals surface area contributed by atoms with Crippen LogP contribution >= 0.6 is 0 Å². The van der Waals surface area contributed by atoms with Crippen molar-refractivity contribution in [3.63, 3.8) is 0 Å². The van der Waals surface area contributed by atoms with Gasteiger partial charge in [-0.3, -0.25) is 4.68 Å². The standard InChI is InChI=1S/C9H11N3/c10-6-9-4-5-12(11-9)7-8-2-1-3-8/h4-5,8H,1-3,7H2. The van der Waals surface area contributed by atoms with E-state index in [4.69, 9.17) is 5.26 Å². The topological polar surface area (TPSA) is 41.6 Å². The summed E-state index contributed by atoms with van der Waals surface area (Å²) in [7, 11) is 0. The van der Waals surface area contributed by atoms with E-state index in [1.807, 2.05) is 16.9 Å². The zero-order valence-corrected chi connectivity index (χ0v) is 6.90. The summed E-state index contributed by atoms with van der Waals surface area (Å²) in [6.45, 7) is 0.988. The van der Waals surface area contributed by atoms with Crippen molar-refractivity contribution in [1.29, 1.82) is 5.26 Å². The van der Waals surface area contributed by atoms with Crippen LogP contribution in [0, 0.1) is 17.2 Å². The molecule has 0 amide bonds. The first-order chi connectivity index (χ1) is 5.88. The molecule has 1 saturated carbocycles. The summed E-state index contributed by atoms with van der Waals surface area (Å²) in [5.41, 5.74) is 0.523. The lowest BCUT2D eigenvalue weighted by atomic mass is 9.85. The molecule has 0 N–H and O–H groups in total. The molecule has 0 saturated heterocycles. The van der Waals surface area contributed by atoms with Gasteiger partial charge in [0.15, 0.2) is 5.69 Å². The summed E-state index contributed by atoms with van der Waals surface area (Å²) in [6, 6.07) is 3.79. The lowest BCUT2D eigenvalue weighted by molar-refractivity contribution is 0.266. The highest BCUT2D eigenvalue weighted by Gasteiger charge is 2.17. The maximum absolute atomic E-state index is 8.53. The highest BCUT2D eigenvalue weighted by Crippen LogP contribution is 2.27. The maximum atomic E-state index is 8.53. The average Bonchev–Trinajstić information content (AvgIpc) is 2.44. The van der Waals surface area contributed by atoms with Gasteiger partial charge in [-0.1, -0.05) is 6.42 Å². The number of rotatable bonds is 2. The van der Waals surface area contributed by atoms with Gasteiger partial charge in [0.25, 0.3) is 0 Å². The lowest BCUT2D eigenvalue weighted by Crippen LogP contribution is -2.18. The van der Waals surface area contributed by atoms with Crippen molar-refractivity contribution in [2.24, 2.45) is 5.92 Å². The van der Waals surface area contributed by atoms with E-state index in [1.54, 1.807) is 6.07 Å². The largest absolute Gasteiger partial charge is 0.271 e. The van der Waals surface area contributed by atoms with Gasteiger partial charge in [0.05, 0.1) is 0 Å². The Morgan fingerprint density at radius 3 is 3.00 bits per heavy atom. The van der Waals surface area contributed by atoms with Gasteiger partial charge in [-0.15, -0.1) is 0 Å². The molecule has 0 radical (unpaired) electrons. The quantitative estimate of drug-likeness (QED) is 0.660. The fourth-order valence-corrected chi connectivity index (χ4v) is 1.46. The Labute approximate surface area is 71.6 Å². The number of nitrogens with zero attached hydrogens (tertiary/aromatic N) is 3. The molecule has 0 unspecified atom stereocenters. The van der Waals surface area contributed by atoms with Crippen molar-refractivity contribution in [2.45, 2.75) is 25.8 Å². The van der Waals surface area contributed by atoms with E-state index < -0.39 is 0 Å². The fraction of sp³-hybridized carbons (Fsp3) is 0.556. The molecule has 12 heavy (non-hydrogen) atoms.